The minimum absolute atomic E-state index is 0.118. The van der Waals surface area contributed by atoms with Gasteiger partial charge in [-0.15, -0.1) is 0 Å². The summed E-state index contributed by atoms with van der Waals surface area (Å²) in [5, 5.41) is 2.85. The minimum Gasteiger partial charge on any atom is -0.352 e. The van der Waals surface area contributed by atoms with Gasteiger partial charge in [0, 0.05) is 18.3 Å². The molecule has 0 radical (unpaired) electrons. The fourth-order valence-corrected chi connectivity index (χ4v) is 2.12. The van der Waals surface area contributed by atoms with Crippen LogP contribution in [0.1, 0.15) is 25.7 Å². The molecule has 1 fully saturated rings. The molecule has 1 aromatic rings. The number of amides is 1. The largest absolute Gasteiger partial charge is 0.352 e. The van der Waals surface area contributed by atoms with Crippen molar-refractivity contribution >= 4 is 5.91 Å². The zero-order valence-corrected chi connectivity index (χ0v) is 9.49. The van der Waals surface area contributed by atoms with Gasteiger partial charge in [-0.25, -0.2) is 4.39 Å². The van der Waals surface area contributed by atoms with Crippen molar-refractivity contribution < 1.29 is 9.18 Å². The van der Waals surface area contributed by atoms with Crippen molar-refractivity contribution in [3.63, 3.8) is 0 Å². The molecule has 1 aromatic heterocycles. The number of pyridine rings is 1. The van der Waals surface area contributed by atoms with Crippen molar-refractivity contribution in [3.05, 3.63) is 34.5 Å². The lowest BCUT2D eigenvalue weighted by molar-refractivity contribution is -0.122. The van der Waals surface area contributed by atoms with Crippen LogP contribution in [-0.2, 0) is 11.3 Å². The molecule has 0 saturated heterocycles. The van der Waals surface area contributed by atoms with Gasteiger partial charge in [0.05, 0.1) is 0 Å². The zero-order valence-electron chi connectivity index (χ0n) is 9.49. The highest BCUT2D eigenvalue weighted by atomic mass is 19.1. The minimum atomic E-state index is -0.515. The van der Waals surface area contributed by atoms with Gasteiger partial charge in [0.2, 0.25) is 5.91 Å². The number of hydrogen-bond acceptors (Lipinski definition) is 2. The van der Waals surface area contributed by atoms with Crippen LogP contribution in [0, 0.1) is 5.82 Å². The summed E-state index contributed by atoms with van der Waals surface area (Å²) in [4.78, 5) is 23.0. The zero-order chi connectivity index (χ0) is 12.3. The average Bonchev–Trinajstić information content (AvgIpc) is 2.76. The molecule has 1 aliphatic carbocycles. The van der Waals surface area contributed by atoms with Gasteiger partial charge in [-0.3, -0.25) is 9.59 Å². The molecule has 2 rings (SSSR count). The van der Waals surface area contributed by atoms with Crippen molar-refractivity contribution in [1.82, 2.24) is 9.88 Å². The van der Waals surface area contributed by atoms with Crippen molar-refractivity contribution in [1.29, 1.82) is 0 Å². The van der Waals surface area contributed by atoms with Crippen molar-refractivity contribution in [2.45, 2.75) is 38.3 Å². The first-order chi connectivity index (χ1) is 8.15. The van der Waals surface area contributed by atoms with Crippen LogP contribution in [0.25, 0.3) is 0 Å². The fourth-order valence-electron chi connectivity index (χ4n) is 2.12. The summed E-state index contributed by atoms with van der Waals surface area (Å²) in [6, 6.07) is 2.43. The normalized spacial score (nSPS) is 16.1. The molecule has 0 atom stereocenters. The van der Waals surface area contributed by atoms with Crippen molar-refractivity contribution in [2.75, 3.05) is 0 Å². The van der Waals surface area contributed by atoms with E-state index in [2.05, 4.69) is 5.32 Å². The van der Waals surface area contributed by atoms with Crippen LogP contribution in [0.5, 0.6) is 0 Å². The Hall–Kier alpha value is -1.65. The van der Waals surface area contributed by atoms with Gasteiger partial charge in [-0.05, 0) is 18.9 Å². The van der Waals surface area contributed by atoms with Gasteiger partial charge in [-0.2, -0.15) is 0 Å². The van der Waals surface area contributed by atoms with Crippen molar-refractivity contribution in [3.8, 4) is 0 Å². The number of halogens is 1. The molecule has 0 unspecified atom stereocenters. The van der Waals surface area contributed by atoms with Gasteiger partial charge in [0.1, 0.15) is 12.4 Å². The Morgan fingerprint density at radius 3 is 2.82 bits per heavy atom. The van der Waals surface area contributed by atoms with E-state index >= 15 is 0 Å². The van der Waals surface area contributed by atoms with E-state index < -0.39 is 5.82 Å². The summed E-state index contributed by atoms with van der Waals surface area (Å²) in [6.45, 7) is -0.118. The standard InChI is InChI=1S/C12H15FN2O2/c13-9-5-6-12(17)15(7-9)8-11(16)14-10-3-1-2-4-10/h5-7,10H,1-4,8H2,(H,14,16). The van der Waals surface area contributed by atoms with Gasteiger partial charge >= 0.3 is 0 Å². The van der Waals surface area contributed by atoms with Gasteiger partial charge < -0.3 is 9.88 Å². The molecular formula is C12H15FN2O2. The number of nitrogens with one attached hydrogen (secondary N) is 1. The molecule has 0 aromatic carbocycles. The molecular weight excluding hydrogens is 223 g/mol. The maximum Gasteiger partial charge on any atom is 0.251 e. The first-order valence-electron chi connectivity index (χ1n) is 5.80. The number of aromatic nitrogens is 1. The second-order valence-corrected chi connectivity index (χ2v) is 4.36. The van der Waals surface area contributed by atoms with Crippen LogP contribution in [0.4, 0.5) is 4.39 Å². The van der Waals surface area contributed by atoms with Crippen LogP contribution in [0.2, 0.25) is 0 Å². The third-order valence-corrected chi connectivity index (χ3v) is 2.98. The third-order valence-electron chi connectivity index (χ3n) is 2.98. The average molecular weight is 238 g/mol. The smallest absolute Gasteiger partial charge is 0.251 e. The number of nitrogens with zero attached hydrogens (tertiary/aromatic N) is 1. The molecule has 1 heterocycles. The summed E-state index contributed by atoms with van der Waals surface area (Å²) >= 11 is 0. The number of hydrogen-bond donors (Lipinski definition) is 1. The molecule has 5 heteroatoms. The fraction of sp³-hybridized carbons (Fsp3) is 0.500. The van der Waals surface area contributed by atoms with Crippen LogP contribution < -0.4 is 10.9 Å². The molecule has 17 heavy (non-hydrogen) atoms. The summed E-state index contributed by atoms with van der Waals surface area (Å²) < 4.78 is 14.0. The third kappa shape index (κ3) is 3.15. The second kappa shape index (κ2) is 5.12. The Balaban J connectivity index is 1.97. The second-order valence-electron chi connectivity index (χ2n) is 4.36. The first-order valence-corrected chi connectivity index (χ1v) is 5.80. The molecule has 0 spiro atoms. The monoisotopic (exact) mass is 238 g/mol. The van der Waals surface area contributed by atoms with E-state index in [1.807, 2.05) is 0 Å². The van der Waals surface area contributed by atoms with Gasteiger partial charge in [-0.1, -0.05) is 12.8 Å². The Morgan fingerprint density at radius 1 is 1.41 bits per heavy atom. The van der Waals surface area contributed by atoms with Gasteiger partial charge in [0.15, 0.2) is 0 Å². The van der Waals surface area contributed by atoms with E-state index in [1.54, 1.807) is 0 Å². The van der Waals surface area contributed by atoms with E-state index in [1.165, 1.54) is 0 Å². The van der Waals surface area contributed by atoms with Crippen LogP contribution in [0.15, 0.2) is 23.1 Å². The van der Waals surface area contributed by atoms with E-state index in [4.69, 9.17) is 0 Å². The summed E-state index contributed by atoms with van der Waals surface area (Å²) in [7, 11) is 0. The quantitative estimate of drug-likeness (QED) is 0.855. The molecule has 4 nitrogen and oxygen atoms in total. The number of carbonyl (C=O) groups is 1. The lowest BCUT2D eigenvalue weighted by Crippen LogP contribution is -2.37. The molecule has 0 bridgehead atoms. The Labute approximate surface area is 98.4 Å². The predicted molar refractivity (Wildman–Crippen MR) is 61.1 cm³/mol. The van der Waals surface area contributed by atoms with E-state index in [0.29, 0.717) is 0 Å². The molecule has 1 saturated carbocycles. The van der Waals surface area contributed by atoms with E-state index in [9.17, 15) is 14.0 Å². The molecule has 1 amide bonds. The van der Waals surface area contributed by atoms with Gasteiger partial charge in [0.25, 0.3) is 5.56 Å². The van der Waals surface area contributed by atoms with E-state index in [-0.39, 0.29) is 24.1 Å². The maximum absolute atomic E-state index is 12.9. The van der Waals surface area contributed by atoms with Crippen molar-refractivity contribution in [2.24, 2.45) is 0 Å². The first kappa shape index (κ1) is 11.8. The SMILES string of the molecule is O=C(Cn1cc(F)ccc1=O)NC1CCCC1. The van der Waals surface area contributed by atoms with Crippen LogP contribution >= 0.6 is 0 Å². The summed E-state index contributed by atoms with van der Waals surface area (Å²) in [5.41, 5.74) is -0.368. The molecule has 92 valence electrons. The van der Waals surface area contributed by atoms with Crippen LogP contribution in [-0.4, -0.2) is 16.5 Å². The molecule has 0 aliphatic heterocycles. The lowest BCUT2D eigenvalue weighted by Gasteiger charge is -2.12. The predicted octanol–water partition coefficient (Wildman–Crippen LogP) is 1.05. The highest BCUT2D eigenvalue weighted by Crippen LogP contribution is 2.17. The number of rotatable bonds is 3. The number of carbonyl (C=O) groups excluding carboxylic acids is 1. The Kier molecular flexibility index (Phi) is 3.56. The molecule has 1 aliphatic rings. The summed E-state index contributed by atoms with van der Waals surface area (Å²) in [6.07, 6.45) is 5.29. The topological polar surface area (TPSA) is 51.1 Å². The Bertz CT molecular complexity index is 464. The highest BCUT2D eigenvalue weighted by Gasteiger charge is 2.17. The maximum atomic E-state index is 12.9. The Morgan fingerprint density at radius 2 is 2.12 bits per heavy atom. The van der Waals surface area contributed by atoms with E-state index in [0.717, 1.165) is 48.6 Å². The molecule has 1 N–H and O–H groups in total. The summed E-state index contributed by atoms with van der Waals surface area (Å²) in [5.74, 6) is -0.747. The highest BCUT2D eigenvalue weighted by molar-refractivity contribution is 5.76. The lowest BCUT2D eigenvalue weighted by atomic mass is 10.2. The van der Waals surface area contributed by atoms with Crippen LogP contribution in [0.3, 0.4) is 0 Å².